The average Bonchev–Trinajstić information content (AvgIpc) is 2.81. The van der Waals surface area contributed by atoms with Gasteiger partial charge in [-0.2, -0.15) is 0 Å². The Morgan fingerprint density at radius 2 is 1.89 bits per heavy atom. The molecule has 0 saturated carbocycles. The van der Waals surface area contributed by atoms with Crippen LogP contribution in [0.1, 0.15) is 17.4 Å². The van der Waals surface area contributed by atoms with Gasteiger partial charge in [0, 0.05) is 16.9 Å². The van der Waals surface area contributed by atoms with Gasteiger partial charge in [-0.3, -0.25) is 4.79 Å². The SMILES string of the molecule is CC(Cc1cccs1)(C(=O)O)c1c(F)cccc1F. The van der Waals surface area contributed by atoms with Crippen LogP contribution in [-0.2, 0) is 16.6 Å². The van der Waals surface area contributed by atoms with Crippen LogP contribution in [0.15, 0.2) is 35.7 Å². The number of hydrogen-bond donors (Lipinski definition) is 1. The molecule has 0 saturated heterocycles. The van der Waals surface area contributed by atoms with Crippen molar-refractivity contribution >= 4 is 17.3 Å². The Kier molecular flexibility index (Phi) is 3.66. The lowest BCUT2D eigenvalue weighted by molar-refractivity contribution is -0.143. The minimum Gasteiger partial charge on any atom is -0.481 e. The van der Waals surface area contributed by atoms with Gasteiger partial charge in [-0.1, -0.05) is 12.1 Å². The Morgan fingerprint density at radius 3 is 2.37 bits per heavy atom. The molecule has 0 amide bonds. The van der Waals surface area contributed by atoms with Crippen molar-refractivity contribution in [1.29, 1.82) is 0 Å². The van der Waals surface area contributed by atoms with Crippen molar-refractivity contribution in [2.24, 2.45) is 0 Å². The summed E-state index contributed by atoms with van der Waals surface area (Å²) in [5.41, 5.74) is -2.02. The highest BCUT2D eigenvalue weighted by Crippen LogP contribution is 2.33. The number of carboxylic acids is 1. The van der Waals surface area contributed by atoms with Crippen molar-refractivity contribution in [1.82, 2.24) is 0 Å². The molecule has 0 aliphatic carbocycles. The lowest BCUT2D eigenvalue weighted by Gasteiger charge is -2.25. The maximum Gasteiger partial charge on any atom is 0.314 e. The minimum atomic E-state index is -1.62. The van der Waals surface area contributed by atoms with Crippen LogP contribution < -0.4 is 0 Å². The predicted octanol–water partition coefficient (Wildman–Crippen LogP) is 3.61. The Hall–Kier alpha value is -1.75. The van der Waals surface area contributed by atoms with Crippen LogP contribution in [0.5, 0.6) is 0 Å². The molecule has 1 heterocycles. The summed E-state index contributed by atoms with van der Waals surface area (Å²) in [5, 5.41) is 11.2. The van der Waals surface area contributed by atoms with Crippen molar-refractivity contribution in [2.75, 3.05) is 0 Å². The number of rotatable bonds is 4. The quantitative estimate of drug-likeness (QED) is 0.930. The average molecular weight is 282 g/mol. The first-order valence-electron chi connectivity index (χ1n) is 5.65. The first kappa shape index (κ1) is 13.7. The van der Waals surface area contributed by atoms with E-state index in [4.69, 9.17) is 0 Å². The minimum absolute atomic E-state index is 0.0534. The molecule has 0 aliphatic heterocycles. The van der Waals surface area contributed by atoms with E-state index in [1.165, 1.54) is 24.3 Å². The fraction of sp³-hybridized carbons (Fsp3) is 0.214. The normalized spacial score (nSPS) is 14.1. The summed E-state index contributed by atoms with van der Waals surface area (Å²) < 4.78 is 27.7. The zero-order valence-electron chi connectivity index (χ0n) is 10.2. The van der Waals surface area contributed by atoms with Crippen molar-refractivity contribution < 1.29 is 18.7 Å². The van der Waals surface area contributed by atoms with Crippen molar-refractivity contribution in [3.63, 3.8) is 0 Å². The smallest absolute Gasteiger partial charge is 0.314 e. The van der Waals surface area contributed by atoms with Gasteiger partial charge in [-0.05, 0) is 30.5 Å². The van der Waals surface area contributed by atoms with E-state index in [2.05, 4.69) is 0 Å². The molecule has 1 atom stereocenters. The summed E-state index contributed by atoms with van der Waals surface area (Å²) in [7, 11) is 0. The van der Waals surface area contributed by atoms with E-state index in [9.17, 15) is 18.7 Å². The van der Waals surface area contributed by atoms with Crippen LogP contribution in [0.25, 0.3) is 0 Å². The van der Waals surface area contributed by atoms with Gasteiger partial charge in [0.05, 0.1) is 0 Å². The third kappa shape index (κ3) is 2.51. The molecule has 1 N–H and O–H groups in total. The standard InChI is InChI=1S/C14H12F2O2S/c1-14(13(17)18,8-9-4-3-7-19-9)12-10(15)5-2-6-11(12)16/h2-7H,8H2,1H3,(H,17,18). The summed E-state index contributed by atoms with van der Waals surface area (Å²) in [5.74, 6) is -2.91. The molecule has 0 bridgehead atoms. The molecule has 0 aliphatic rings. The van der Waals surface area contributed by atoms with E-state index in [1.54, 1.807) is 17.5 Å². The number of thiophene rings is 1. The van der Waals surface area contributed by atoms with Crippen LogP contribution in [0.4, 0.5) is 8.78 Å². The highest BCUT2D eigenvalue weighted by molar-refractivity contribution is 7.09. The largest absolute Gasteiger partial charge is 0.481 e. The first-order valence-corrected chi connectivity index (χ1v) is 6.53. The van der Waals surface area contributed by atoms with Crippen LogP contribution >= 0.6 is 11.3 Å². The van der Waals surface area contributed by atoms with Crippen molar-refractivity contribution in [3.05, 3.63) is 57.8 Å². The second kappa shape index (κ2) is 5.09. The van der Waals surface area contributed by atoms with E-state index in [-0.39, 0.29) is 6.42 Å². The lowest BCUT2D eigenvalue weighted by Crippen LogP contribution is -2.36. The van der Waals surface area contributed by atoms with E-state index < -0.39 is 28.6 Å². The van der Waals surface area contributed by atoms with Gasteiger partial charge >= 0.3 is 5.97 Å². The van der Waals surface area contributed by atoms with E-state index in [1.807, 2.05) is 0 Å². The molecular weight excluding hydrogens is 270 g/mol. The number of carbonyl (C=O) groups is 1. The molecule has 2 aromatic rings. The zero-order chi connectivity index (χ0) is 14.0. The molecule has 1 aromatic carbocycles. The topological polar surface area (TPSA) is 37.3 Å². The predicted molar refractivity (Wildman–Crippen MR) is 69.4 cm³/mol. The van der Waals surface area contributed by atoms with Gasteiger partial charge in [0.25, 0.3) is 0 Å². The molecule has 19 heavy (non-hydrogen) atoms. The Balaban J connectivity index is 2.53. The molecule has 1 aromatic heterocycles. The number of benzene rings is 1. The Bertz CT molecular complexity index is 575. The van der Waals surface area contributed by atoms with Crippen molar-refractivity contribution in [3.8, 4) is 0 Å². The molecule has 0 spiro atoms. The van der Waals surface area contributed by atoms with Gasteiger partial charge in [0.2, 0.25) is 0 Å². The molecule has 2 nitrogen and oxygen atoms in total. The first-order chi connectivity index (χ1) is 8.95. The van der Waals surface area contributed by atoms with E-state index in [0.29, 0.717) is 0 Å². The maximum atomic E-state index is 13.8. The van der Waals surface area contributed by atoms with Crippen LogP contribution in [0, 0.1) is 11.6 Å². The van der Waals surface area contributed by atoms with Crippen molar-refractivity contribution in [2.45, 2.75) is 18.8 Å². The summed E-state index contributed by atoms with van der Waals surface area (Å²) in [6.45, 7) is 1.34. The second-order valence-corrected chi connectivity index (χ2v) is 5.52. The van der Waals surface area contributed by atoms with Crippen LogP contribution in [0.2, 0.25) is 0 Å². The molecule has 1 unspecified atom stereocenters. The lowest BCUT2D eigenvalue weighted by atomic mass is 9.78. The maximum absolute atomic E-state index is 13.8. The number of carboxylic acid groups (broad SMARTS) is 1. The Morgan fingerprint density at radius 1 is 1.26 bits per heavy atom. The summed E-state index contributed by atoms with van der Waals surface area (Å²) in [4.78, 5) is 12.3. The number of hydrogen-bond acceptors (Lipinski definition) is 2. The fourth-order valence-corrected chi connectivity index (χ4v) is 2.92. The van der Waals surface area contributed by atoms with Crippen LogP contribution in [-0.4, -0.2) is 11.1 Å². The molecule has 5 heteroatoms. The number of aliphatic carboxylic acids is 1. The van der Waals surface area contributed by atoms with Crippen LogP contribution in [0.3, 0.4) is 0 Å². The molecular formula is C14H12F2O2S. The van der Waals surface area contributed by atoms with Gasteiger partial charge in [-0.25, -0.2) is 8.78 Å². The highest BCUT2D eigenvalue weighted by Gasteiger charge is 2.40. The summed E-state index contributed by atoms with van der Waals surface area (Å²) in [6, 6.07) is 6.91. The fourth-order valence-electron chi connectivity index (χ4n) is 2.06. The molecule has 0 fully saturated rings. The molecule has 100 valence electrons. The van der Waals surface area contributed by atoms with Gasteiger partial charge < -0.3 is 5.11 Å². The summed E-state index contributed by atoms with van der Waals surface area (Å²) in [6.07, 6.45) is 0.0534. The monoisotopic (exact) mass is 282 g/mol. The molecule has 0 radical (unpaired) electrons. The number of halogens is 2. The zero-order valence-corrected chi connectivity index (χ0v) is 11.0. The molecule has 2 rings (SSSR count). The van der Waals surface area contributed by atoms with E-state index in [0.717, 1.165) is 17.0 Å². The third-order valence-electron chi connectivity index (χ3n) is 3.09. The third-order valence-corrected chi connectivity index (χ3v) is 3.97. The van der Waals surface area contributed by atoms with E-state index >= 15 is 0 Å². The summed E-state index contributed by atoms with van der Waals surface area (Å²) >= 11 is 1.37. The van der Waals surface area contributed by atoms with Gasteiger partial charge in [0.1, 0.15) is 17.0 Å². The highest BCUT2D eigenvalue weighted by atomic mass is 32.1. The second-order valence-electron chi connectivity index (χ2n) is 4.49. The Labute approximate surface area is 113 Å². The van der Waals surface area contributed by atoms with Gasteiger partial charge in [-0.15, -0.1) is 11.3 Å². The van der Waals surface area contributed by atoms with Gasteiger partial charge in [0.15, 0.2) is 0 Å².